The Hall–Kier alpha value is -0.931. The van der Waals surface area contributed by atoms with Gasteiger partial charge in [0.1, 0.15) is 0 Å². The number of hydrogen-bond donors (Lipinski definition) is 4. The van der Waals surface area contributed by atoms with Crippen LogP contribution < -0.4 is 0 Å². The zero-order valence-corrected chi connectivity index (χ0v) is 10.0. The molecule has 2 heterocycles. The van der Waals surface area contributed by atoms with Crippen molar-refractivity contribution in [1.29, 1.82) is 0 Å². The number of H-pyrrole nitrogens is 4. The van der Waals surface area contributed by atoms with Crippen LogP contribution in [0.5, 0.6) is 0 Å². The van der Waals surface area contributed by atoms with Crippen molar-refractivity contribution in [3.63, 3.8) is 0 Å². The Kier molecular flexibility index (Phi) is 5.26. The molecule has 13 heavy (non-hydrogen) atoms. The number of rotatable bonds is 0. The summed E-state index contributed by atoms with van der Waals surface area (Å²) in [5.74, 6) is 0. The van der Waals surface area contributed by atoms with Crippen LogP contribution in [-0.2, 0) is 16.8 Å². The number of nitrogens with one attached hydrogen (secondary N) is 4. The Labute approximate surface area is 84.5 Å². The van der Waals surface area contributed by atoms with Gasteiger partial charge in [0.2, 0.25) is 0 Å². The van der Waals surface area contributed by atoms with Crippen LogP contribution >= 0.6 is 0 Å². The molecule has 5 heteroatoms. The van der Waals surface area contributed by atoms with E-state index in [4.69, 9.17) is 0 Å². The van der Waals surface area contributed by atoms with Gasteiger partial charge in [-0.1, -0.05) is 0 Å². The monoisotopic (exact) mass is 359 g/mol. The zero-order chi connectivity index (χ0) is 7.52. The standard InChI is InChI=1S/2C3H4N2.2CH3.Ir/c2*1-2-5-3-4-1;;;/h2*1-2,4-5H;2*1H3;/q;;2*-1;. The molecule has 4 N–H and O–H groups in total. The van der Waals surface area contributed by atoms with Gasteiger partial charge >= 0.3 is 69.4 Å². The fourth-order valence-electron chi connectivity index (χ4n) is 0.707. The van der Waals surface area contributed by atoms with E-state index in [0.29, 0.717) is 0 Å². The van der Waals surface area contributed by atoms with E-state index in [2.05, 4.69) is 19.9 Å². The molecule has 0 bridgehead atoms. The average molecular weight is 358 g/mol. The van der Waals surface area contributed by atoms with E-state index in [1.807, 2.05) is 24.8 Å². The second kappa shape index (κ2) is 5.67. The first-order valence-electron chi connectivity index (χ1n) is 3.15. The summed E-state index contributed by atoms with van der Waals surface area (Å²) in [5.41, 5.74) is 0. The van der Waals surface area contributed by atoms with Crippen molar-refractivity contribution in [3.05, 3.63) is 47.5 Å². The van der Waals surface area contributed by atoms with Crippen LogP contribution in [0.4, 0.5) is 0 Å². The third kappa shape index (κ3) is 3.12. The molecule has 0 aliphatic heterocycles. The molecular formula is C8H14IrN4-2. The van der Waals surface area contributed by atoms with Crippen molar-refractivity contribution in [2.75, 3.05) is 0 Å². The molecular weight excluding hydrogens is 344 g/mol. The van der Waals surface area contributed by atoms with E-state index < -0.39 is 0 Å². The molecule has 0 radical (unpaired) electrons. The molecule has 0 atom stereocenters. The summed E-state index contributed by atoms with van der Waals surface area (Å²) >= 11 is -0.250. The third-order valence-corrected chi connectivity index (χ3v) is 3.73. The van der Waals surface area contributed by atoms with Gasteiger partial charge in [0.15, 0.2) is 0 Å². The van der Waals surface area contributed by atoms with Crippen LogP contribution in [0, 0.1) is 22.7 Å². The van der Waals surface area contributed by atoms with E-state index in [0.717, 1.165) is 0 Å². The summed E-state index contributed by atoms with van der Waals surface area (Å²) in [7, 11) is 0. The number of aromatic nitrogens is 4. The van der Waals surface area contributed by atoms with E-state index in [1.165, 1.54) is 7.86 Å². The van der Waals surface area contributed by atoms with Crippen LogP contribution in [0.2, 0.25) is 0 Å². The first-order chi connectivity index (χ1) is 5.45. The second-order valence-corrected chi connectivity index (χ2v) is 4.90. The molecule has 0 spiro atoms. The Morgan fingerprint density at radius 1 is 0.692 bits per heavy atom. The first-order valence-corrected chi connectivity index (χ1v) is 5.55. The van der Waals surface area contributed by atoms with Gasteiger partial charge in [0, 0.05) is 0 Å². The van der Waals surface area contributed by atoms with E-state index in [1.54, 1.807) is 0 Å². The summed E-state index contributed by atoms with van der Waals surface area (Å²) in [6.45, 7) is 0. The summed E-state index contributed by atoms with van der Waals surface area (Å²) in [5, 5.41) is 0. The average Bonchev–Trinajstić information content (AvgIpc) is 2.60. The molecule has 77 valence electrons. The Morgan fingerprint density at radius 2 is 1.00 bits per heavy atom. The van der Waals surface area contributed by atoms with Crippen LogP contribution in [0.15, 0.2) is 24.8 Å². The van der Waals surface area contributed by atoms with E-state index in [9.17, 15) is 0 Å². The fourth-order valence-corrected chi connectivity index (χ4v) is 2.80. The van der Waals surface area contributed by atoms with Crippen LogP contribution in [0.3, 0.4) is 0 Å². The summed E-state index contributed by atoms with van der Waals surface area (Å²) < 4.78 is 2.42. The maximum absolute atomic E-state index is 3.14. The van der Waals surface area contributed by atoms with Crippen LogP contribution in [-0.4, -0.2) is 19.9 Å². The Balaban J connectivity index is 0.000000720. The Morgan fingerprint density at radius 3 is 1.31 bits per heavy atom. The van der Waals surface area contributed by atoms with Crippen molar-refractivity contribution >= 4 is 0 Å². The topological polar surface area (TPSA) is 63.2 Å². The number of imidazole rings is 2. The molecule has 2 aromatic heterocycles. The Bertz CT molecular complexity index is 379. The second-order valence-electron chi connectivity index (χ2n) is 1.91. The molecule has 0 aromatic carbocycles. The van der Waals surface area contributed by atoms with Gasteiger partial charge in [-0.2, -0.15) is 0 Å². The van der Waals surface area contributed by atoms with Crippen molar-refractivity contribution in [1.82, 2.24) is 19.9 Å². The summed E-state index contributed by atoms with van der Waals surface area (Å²) in [6.07, 6.45) is 7.62. The van der Waals surface area contributed by atoms with Crippen LogP contribution in [0.25, 0.3) is 0 Å². The molecule has 2 aromatic rings. The SMILES string of the molecule is [CH3-].[CH3-].c1c[nH][c](=[Ir]=[c]2[nH]cc[nH]2)[nH]1. The van der Waals surface area contributed by atoms with Gasteiger partial charge in [0.25, 0.3) is 0 Å². The predicted octanol–water partition coefficient (Wildman–Crippen LogP) is 1.75. The minimum absolute atomic E-state index is 0. The maximum atomic E-state index is 3.14. The van der Waals surface area contributed by atoms with Crippen molar-refractivity contribution < 1.29 is 16.8 Å². The van der Waals surface area contributed by atoms with E-state index >= 15 is 0 Å². The molecule has 0 fully saturated rings. The normalized spacial score (nSPS) is 8.62. The summed E-state index contributed by atoms with van der Waals surface area (Å²) in [6, 6.07) is 0. The van der Waals surface area contributed by atoms with Crippen molar-refractivity contribution in [2.45, 2.75) is 0 Å². The molecule has 2 rings (SSSR count). The minimum atomic E-state index is -0.250. The molecule has 0 aliphatic rings. The molecule has 4 nitrogen and oxygen atoms in total. The molecule has 0 aliphatic carbocycles. The van der Waals surface area contributed by atoms with Crippen LogP contribution in [0.1, 0.15) is 0 Å². The van der Waals surface area contributed by atoms with Crippen molar-refractivity contribution in [3.8, 4) is 0 Å². The first kappa shape index (κ1) is 12.1. The molecule has 0 saturated carbocycles. The van der Waals surface area contributed by atoms with E-state index in [-0.39, 0.29) is 31.6 Å². The molecule has 0 unspecified atom stereocenters. The molecule has 0 saturated heterocycles. The zero-order valence-electron chi connectivity index (χ0n) is 7.64. The van der Waals surface area contributed by atoms with Gasteiger partial charge in [-0.05, 0) is 0 Å². The number of hydrogen-bond acceptors (Lipinski definition) is 0. The van der Waals surface area contributed by atoms with Gasteiger partial charge in [-0.15, -0.1) is 0 Å². The van der Waals surface area contributed by atoms with Gasteiger partial charge < -0.3 is 14.9 Å². The van der Waals surface area contributed by atoms with Gasteiger partial charge in [-0.25, -0.2) is 0 Å². The van der Waals surface area contributed by atoms with Gasteiger partial charge in [0.05, 0.1) is 0 Å². The third-order valence-electron chi connectivity index (χ3n) is 1.15. The quantitative estimate of drug-likeness (QED) is 0.519. The van der Waals surface area contributed by atoms with Crippen molar-refractivity contribution in [2.24, 2.45) is 0 Å². The van der Waals surface area contributed by atoms with Gasteiger partial charge in [-0.3, -0.25) is 0 Å². The predicted molar refractivity (Wildman–Crippen MR) is 49.6 cm³/mol. The fraction of sp³-hybridized carbons (Fsp3) is 0. The molecule has 0 amide bonds. The number of aromatic amines is 4. The summed E-state index contributed by atoms with van der Waals surface area (Å²) in [4.78, 5) is 12.5.